The Morgan fingerprint density at radius 2 is 1.51 bits per heavy atom. The van der Waals surface area contributed by atoms with Gasteiger partial charge in [-0.1, -0.05) is 42.5 Å². The van der Waals surface area contributed by atoms with Gasteiger partial charge in [0.05, 0.1) is 13.7 Å². The number of ether oxygens (including phenoxy) is 2. The number of hydrogen-bond acceptors (Lipinski definition) is 4. The molecule has 3 aromatic carbocycles. The minimum atomic E-state index is -0.622. The molecule has 0 aliphatic carbocycles. The number of rotatable bonds is 10. The fraction of sp³-hybridized carbons (Fsp3) is 0.438. The van der Waals surface area contributed by atoms with E-state index in [0.717, 1.165) is 55.2 Å². The van der Waals surface area contributed by atoms with E-state index in [2.05, 4.69) is 92.3 Å². The average molecular weight is 505 g/mol. The van der Waals surface area contributed by atoms with Gasteiger partial charge in [0.1, 0.15) is 17.7 Å². The van der Waals surface area contributed by atoms with Crippen molar-refractivity contribution in [3.05, 3.63) is 71.3 Å². The Morgan fingerprint density at radius 3 is 2.19 bits per heavy atom. The molecule has 198 valence electrons. The van der Waals surface area contributed by atoms with E-state index >= 15 is 0 Å². The van der Waals surface area contributed by atoms with E-state index in [4.69, 9.17) is 9.47 Å². The number of hydrogen-bond donors (Lipinski definition) is 0. The van der Waals surface area contributed by atoms with Gasteiger partial charge in [0, 0.05) is 31.7 Å². The molecule has 1 aliphatic heterocycles. The van der Waals surface area contributed by atoms with E-state index in [-0.39, 0.29) is 0 Å². The predicted molar refractivity (Wildman–Crippen MR) is 151 cm³/mol. The van der Waals surface area contributed by atoms with Crippen LogP contribution in [0.2, 0.25) is 0 Å². The largest absolute Gasteiger partial charge is 0.496 e. The molecule has 0 unspecified atom stereocenters. The second kappa shape index (κ2) is 12.6. The maximum atomic E-state index is 13.4. The van der Waals surface area contributed by atoms with Crippen molar-refractivity contribution in [2.24, 2.45) is 0 Å². The highest BCUT2D eigenvalue weighted by Gasteiger charge is 2.18. The van der Waals surface area contributed by atoms with Gasteiger partial charge in [-0.15, -0.1) is 0 Å². The summed E-state index contributed by atoms with van der Waals surface area (Å²) in [4.78, 5) is 4.51. The molecule has 5 heteroatoms. The zero-order valence-corrected chi connectivity index (χ0v) is 23.0. The molecular weight excluding hydrogens is 463 g/mol. The molecule has 1 saturated heterocycles. The van der Waals surface area contributed by atoms with E-state index < -0.39 is 6.17 Å². The predicted octanol–water partition coefficient (Wildman–Crippen LogP) is 6.91. The highest BCUT2D eigenvalue weighted by atomic mass is 19.1. The number of alkyl halides is 1. The third-order valence-corrected chi connectivity index (χ3v) is 7.36. The summed E-state index contributed by atoms with van der Waals surface area (Å²) in [6.45, 7) is 8.53. The Hall–Kier alpha value is -2.89. The van der Waals surface area contributed by atoms with Gasteiger partial charge in [-0.2, -0.15) is 0 Å². The van der Waals surface area contributed by atoms with Crippen LogP contribution in [0.3, 0.4) is 0 Å². The molecule has 0 atom stereocenters. The number of nitrogens with zero attached hydrogens (tertiary/aromatic N) is 2. The smallest absolute Gasteiger partial charge is 0.127 e. The minimum absolute atomic E-state index is 0.622. The van der Waals surface area contributed by atoms with Gasteiger partial charge in [-0.05, 0) is 92.7 Å². The molecular formula is C32H41FN2O2. The zero-order chi connectivity index (χ0) is 26.4. The van der Waals surface area contributed by atoms with Crippen molar-refractivity contribution in [3.63, 3.8) is 0 Å². The summed E-state index contributed by atoms with van der Waals surface area (Å²) in [6, 6.07) is 19.3. The van der Waals surface area contributed by atoms with Crippen molar-refractivity contribution in [3.8, 4) is 33.8 Å². The molecule has 0 bridgehead atoms. The third-order valence-electron chi connectivity index (χ3n) is 7.36. The van der Waals surface area contributed by atoms with Crippen molar-refractivity contribution in [1.29, 1.82) is 0 Å². The van der Waals surface area contributed by atoms with Crippen LogP contribution in [0.5, 0.6) is 11.5 Å². The van der Waals surface area contributed by atoms with Crippen molar-refractivity contribution >= 4 is 0 Å². The summed E-state index contributed by atoms with van der Waals surface area (Å²) >= 11 is 0. The maximum absolute atomic E-state index is 13.4. The molecule has 0 aromatic heterocycles. The first-order chi connectivity index (χ1) is 17.9. The van der Waals surface area contributed by atoms with E-state index in [9.17, 15) is 4.39 Å². The molecule has 4 nitrogen and oxygen atoms in total. The SMILES string of the molecule is COc1cc(CN(C)C)ccc1-c1cccc(-c2cccc(OCCCN3CCC(F)CC3)c2C)c1C. The first kappa shape index (κ1) is 27.2. The fourth-order valence-corrected chi connectivity index (χ4v) is 5.30. The highest BCUT2D eigenvalue weighted by Crippen LogP contribution is 2.39. The van der Waals surface area contributed by atoms with E-state index in [1.807, 2.05) is 0 Å². The van der Waals surface area contributed by atoms with Crippen LogP contribution in [-0.4, -0.2) is 63.4 Å². The molecule has 0 saturated carbocycles. The molecule has 0 amide bonds. The Labute approximate surface area is 222 Å². The van der Waals surface area contributed by atoms with Crippen molar-refractivity contribution in [2.45, 2.75) is 45.8 Å². The standard InChI is InChI=1S/C32H41FN2O2/c1-23-27(9-6-10-28(23)30-14-13-25(22-34(3)4)21-32(30)36-5)29-11-7-12-31(24(29)2)37-20-8-17-35-18-15-26(33)16-19-35/h6-7,9-14,21,26H,8,15-20,22H2,1-5H3. The summed E-state index contributed by atoms with van der Waals surface area (Å²) in [6.07, 6.45) is 1.64. The van der Waals surface area contributed by atoms with Crippen molar-refractivity contribution in [1.82, 2.24) is 9.80 Å². The number of methoxy groups -OCH3 is 1. The first-order valence-electron chi connectivity index (χ1n) is 13.4. The lowest BCUT2D eigenvalue weighted by atomic mass is 9.90. The molecule has 1 fully saturated rings. The van der Waals surface area contributed by atoms with Crippen LogP contribution in [0.4, 0.5) is 4.39 Å². The van der Waals surface area contributed by atoms with Gasteiger partial charge in [-0.3, -0.25) is 0 Å². The number of piperidine rings is 1. The minimum Gasteiger partial charge on any atom is -0.496 e. The van der Waals surface area contributed by atoms with Crippen LogP contribution in [0.15, 0.2) is 54.6 Å². The van der Waals surface area contributed by atoms with Crippen LogP contribution in [0, 0.1) is 13.8 Å². The third kappa shape index (κ3) is 6.71. The van der Waals surface area contributed by atoms with Gasteiger partial charge < -0.3 is 19.3 Å². The number of halogens is 1. The molecule has 0 spiro atoms. The molecule has 1 heterocycles. The van der Waals surface area contributed by atoms with Gasteiger partial charge in [0.2, 0.25) is 0 Å². The summed E-state index contributed by atoms with van der Waals surface area (Å²) in [7, 11) is 5.89. The van der Waals surface area contributed by atoms with Crippen molar-refractivity contribution in [2.75, 3.05) is 47.4 Å². The second-order valence-corrected chi connectivity index (χ2v) is 10.4. The average Bonchev–Trinajstić information content (AvgIpc) is 2.88. The van der Waals surface area contributed by atoms with E-state index in [1.54, 1.807) is 7.11 Å². The van der Waals surface area contributed by atoms with Crippen LogP contribution in [-0.2, 0) is 6.54 Å². The Morgan fingerprint density at radius 1 is 0.865 bits per heavy atom. The summed E-state index contributed by atoms with van der Waals surface area (Å²) in [5, 5.41) is 0. The van der Waals surface area contributed by atoms with Gasteiger partial charge >= 0.3 is 0 Å². The molecule has 0 radical (unpaired) electrons. The quantitative estimate of drug-likeness (QED) is 0.280. The highest BCUT2D eigenvalue weighted by molar-refractivity contribution is 5.82. The van der Waals surface area contributed by atoms with E-state index in [0.29, 0.717) is 19.4 Å². The Kier molecular flexibility index (Phi) is 9.23. The topological polar surface area (TPSA) is 24.9 Å². The van der Waals surface area contributed by atoms with Crippen LogP contribution in [0.25, 0.3) is 22.3 Å². The lowest BCUT2D eigenvalue weighted by Gasteiger charge is -2.28. The normalized spacial score (nSPS) is 14.8. The van der Waals surface area contributed by atoms with Gasteiger partial charge in [-0.25, -0.2) is 4.39 Å². The van der Waals surface area contributed by atoms with Crippen LogP contribution >= 0.6 is 0 Å². The lowest BCUT2D eigenvalue weighted by molar-refractivity contribution is 0.143. The Balaban J connectivity index is 1.51. The summed E-state index contributed by atoms with van der Waals surface area (Å²) < 4.78 is 25.4. The summed E-state index contributed by atoms with van der Waals surface area (Å²) in [5.74, 6) is 1.82. The maximum Gasteiger partial charge on any atom is 0.127 e. The Bertz CT molecular complexity index is 1190. The number of benzene rings is 3. The van der Waals surface area contributed by atoms with Crippen LogP contribution < -0.4 is 9.47 Å². The monoisotopic (exact) mass is 504 g/mol. The number of likely N-dealkylation sites (tertiary alicyclic amines) is 1. The second-order valence-electron chi connectivity index (χ2n) is 10.4. The molecule has 1 aliphatic rings. The first-order valence-corrected chi connectivity index (χ1v) is 13.4. The zero-order valence-electron chi connectivity index (χ0n) is 23.0. The van der Waals surface area contributed by atoms with E-state index in [1.165, 1.54) is 27.8 Å². The lowest BCUT2D eigenvalue weighted by Crippen LogP contribution is -2.35. The van der Waals surface area contributed by atoms with Crippen LogP contribution in [0.1, 0.15) is 36.0 Å². The molecule has 0 N–H and O–H groups in total. The van der Waals surface area contributed by atoms with Gasteiger partial charge in [0.25, 0.3) is 0 Å². The molecule has 3 aromatic rings. The molecule has 4 rings (SSSR count). The molecule has 37 heavy (non-hydrogen) atoms. The summed E-state index contributed by atoms with van der Waals surface area (Å²) in [5.41, 5.74) is 8.26. The van der Waals surface area contributed by atoms with Crippen molar-refractivity contribution < 1.29 is 13.9 Å². The van der Waals surface area contributed by atoms with Gasteiger partial charge in [0.15, 0.2) is 0 Å². The fourth-order valence-electron chi connectivity index (χ4n) is 5.30.